The fraction of sp³-hybridized carbons (Fsp3) is 0.909. The molecule has 0 N–H and O–H groups in total. The molecule has 0 aromatic carbocycles. The van der Waals surface area contributed by atoms with Crippen LogP contribution in [-0.2, 0) is 9.53 Å². The molecule has 0 spiro atoms. The number of nitrogens with zero attached hydrogens (tertiary/aromatic N) is 1. The molecular weight excluding hydrogens is 254 g/mol. The van der Waals surface area contributed by atoms with Crippen molar-refractivity contribution in [2.24, 2.45) is 0 Å². The van der Waals surface area contributed by atoms with Crippen molar-refractivity contribution >= 4 is 5.91 Å². The SMILES string of the molecule is CCCOC1CCCN(C(=O)C(F)(F)C(F)F)C1. The molecule has 0 bridgehead atoms. The molecule has 0 radical (unpaired) electrons. The lowest BCUT2D eigenvalue weighted by Crippen LogP contribution is -2.52. The van der Waals surface area contributed by atoms with Gasteiger partial charge in [0.25, 0.3) is 5.91 Å². The first-order valence-electron chi connectivity index (χ1n) is 5.96. The molecule has 1 aliphatic rings. The van der Waals surface area contributed by atoms with Crippen LogP contribution < -0.4 is 0 Å². The molecule has 0 saturated carbocycles. The van der Waals surface area contributed by atoms with Gasteiger partial charge in [0.2, 0.25) is 0 Å². The molecule has 1 unspecified atom stereocenters. The van der Waals surface area contributed by atoms with E-state index in [1.54, 1.807) is 0 Å². The number of amides is 1. The first kappa shape index (κ1) is 15.2. The van der Waals surface area contributed by atoms with Gasteiger partial charge in [-0.1, -0.05) is 6.92 Å². The quantitative estimate of drug-likeness (QED) is 0.718. The summed E-state index contributed by atoms with van der Waals surface area (Å²) in [6.07, 6.45) is -2.39. The molecule has 1 fully saturated rings. The van der Waals surface area contributed by atoms with Crippen molar-refractivity contribution in [3.05, 3.63) is 0 Å². The summed E-state index contributed by atoms with van der Waals surface area (Å²) in [4.78, 5) is 12.1. The molecule has 18 heavy (non-hydrogen) atoms. The molecule has 7 heteroatoms. The molecule has 0 aliphatic carbocycles. The second kappa shape index (κ2) is 6.36. The summed E-state index contributed by atoms with van der Waals surface area (Å²) in [5.41, 5.74) is 0. The highest BCUT2D eigenvalue weighted by molar-refractivity contribution is 5.84. The van der Waals surface area contributed by atoms with E-state index in [1.807, 2.05) is 6.92 Å². The third kappa shape index (κ3) is 3.57. The third-order valence-electron chi connectivity index (χ3n) is 2.78. The summed E-state index contributed by atoms with van der Waals surface area (Å²) in [6.45, 7) is 2.41. The lowest BCUT2D eigenvalue weighted by Gasteiger charge is -2.34. The molecule has 1 amide bonds. The van der Waals surface area contributed by atoms with Gasteiger partial charge < -0.3 is 9.64 Å². The van der Waals surface area contributed by atoms with Crippen LogP contribution in [0.4, 0.5) is 17.6 Å². The number of likely N-dealkylation sites (tertiary alicyclic amines) is 1. The Morgan fingerprint density at radius 3 is 2.72 bits per heavy atom. The molecule has 1 saturated heterocycles. The molecule has 0 aromatic heterocycles. The number of halogens is 4. The van der Waals surface area contributed by atoms with Gasteiger partial charge >= 0.3 is 12.3 Å². The lowest BCUT2D eigenvalue weighted by molar-refractivity contribution is -0.183. The number of alkyl halides is 4. The molecule has 1 atom stereocenters. The van der Waals surface area contributed by atoms with Crippen molar-refractivity contribution in [1.82, 2.24) is 4.90 Å². The molecule has 1 heterocycles. The smallest absolute Gasteiger partial charge is 0.376 e. The van der Waals surface area contributed by atoms with Crippen LogP contribution in [0.1, 0.15) is 26.2 Å². The van der Waals surface area contributed by atoms with Crippen LogP contribution in [0.15, 0.2) is 0 Å². The highest BCUT2D eigenvalue weighted by Crippen LogP contribution is 2.27. The fourth-order valence-corrected chi connectivity index (χ4v) is 1.85. The van der Waals surface area contributed by atoms with E-state index in [-0.39, 0.29) is 19.2 Å². The van der Waals surface area contributed by atoms with Crippen LogP contribution >= 0.6 is 0 Å². The van der Waals surface area contributed by atoms with E-state index in [0.29, 0.717) is 19.4 Å². The zero-order valence-corrected chi connectivity index (χ0v) is 10.2. The summed E-state index contributed by atoms with van der Waals surface area (Å²) in [7, 11) is 0. The molecule has 3 nitrogen and oxygen atoms in total. The minimum atomic E-state index is -4.60. The van der Waals surface area contributed by atoms with Gasteiger partial charge in [0.05, 0.1) is 6.10 Å². The lowest BCUT2D eigenvalue weighted by atomic mass is 10.1. The first-order chi connectivity index (χ1) is 8.39. The average molecular weight is 271 g/mol. The fourth-order valence-electron chi connectivity index (χ4n) is 1.85. The van der Waals surface area contributed by atoms with Crippen LogP contribution in [0.3, 0.4) is 0 Å². The van der Waals surface area contributed by atoms with Crippen molar-refractivity contribution in [3.8, 4) is 0 Å². The van der Waals surface area contributed by atoms with Crippen LogP contribution in [0.2, 0.25) is 0 Å². The normalized spacial score (nSPS) is 21.4. The Kier molecular flexibility index (Phi) is 5.37. The number of carbonyl (C=O) groups is 1. The van der Waals surface area contributed by atoms with Gasteiger partial charge in [-0.3, -0.25) is 4.79 Å². The van der Waals surface area contributed by atoms with Crippen molar-refractivity contribution in [1.29, 1.82) is 0 Å². The second-order valence-electron chi connectivity index (χ2n) is 4.31. The van der Waals surface area contributed by atoms with Gasteiger partial charge in [-0.05, 0) is 19.3 Å². The number of hydrogen-bond acceptors (Lipinski definition) is 2. The predicted octanol–water partition coefficient (Wildman–Crippen LogP) is 2.30. The van der Waals surface area contributed by atoms with Gasteiger partial charge in [-0.15, -0.1) is 0 Å². The first-order valence-corrected chi connectivity index (χ1v) is 5.96. The summed E-state index contributed by atoms with van der Waals surface area (Å²) >= 11 is 0. The minimum Gasteiger partial charge on any atom is -0.376 e. The van der Waals surface area contributed by atoms with Gasteiger partial charge in [-0.25, -0.2) is 8.78 Å². The molecule has 0 aromatic rings. The van der Waals surface area contributed by atoms with E-state index in [4.69, 9.17) is 4.74 Å². The van der Waals surface area contributed by atoms with Gasteiger partial charge in [0, 0.05) is 19.7 Å². The largest absolute Gasteiger partial charge is 0.383 e. The van der Waals surface area contributed by atoms with Crippen LogP contribution in [0.5, 0.6) is 0 Å². The molecule has 106 valence electrons. The predicted molar refractivity (Wildman–Crippen MR) is 56.8 cm³/mol. The topological polar surface area (TPSA) is 29.5 Å². The second-order valence-corrected chi connectivity index (χ2v) is 4.31. The van der Waals surface area contributed by atoms with E-state index >= 15 is 0 Å². The van der Waals surface area contributed by atoms with Crippen LogP contribution in [-0.4, -0.2) is 49.0 Å². The van der Waals surface area contributed by atoms with Crippen LogP contribution in [0.25, 0.3) is 0 Å². The van der Waals surface area contributed by atoms with E-state index in [2.05, 4.69) is 0 Å². The summed E-state index contributed by atoms with van der Waals surface area (Å²) < 4.78 is 55.4. The Morgan fingerprint density at radius 1 is 1.50 bits per heavy atom. The number of carbonyl (C=O) groups excluding carboxylic acids is 1. The van der Waals surface area contributed by atoms with Crippen molar-refractivity contribution in [2.45, 2.75) is 44.6 Å². The third-order valence-corrected chi connectivity index (χ3v) is 2.78. The average Bonchev–Trinajstić information content (AvgIpc) is 2.35. The number of piperidine rings is 1. The van der Waals surface area contributed by atoms with Crippen molar-refractivity contribution in [2.75, 3.05) is 19.7 Å². The Bertz CT molecular complexity index is 286. The zero-order chi connectivity index (χ0) is 13.8. The molecular formula is C11H17F4NO2. The number of ether oxygens (including phenoxy) is 1. The summed E-state index contributed by atoms with van der Waals surface area (Å²) in [6, 6.07) is 0. The Hall–Kier alpha value is -0.850. The summed E-state index contributed by atoms with van der Waals surface area (Å²) in [5.74, 6) is -6.41. The van der Waals surface area contributed by atoms with E-state index in [1.165, 1.54) is 0 Å². The highest BCUT2D eigenvalue weighted by Gasteiger charge is 2.51. The zero-order valence-electron chi connectivity index (χ0n) is 10.2. The monoisotopic (exact) mass is 271 g/mol. The maximum Gasteiger partial charge on any atom is 0.383 e. The minimum absolute atomic E-state index is 0.0405. The summed E-state index contributed by atoms with van der Waals surface area (Å²) in [5, 5.41) is 0. The van der Waals surface area contributed by atoms with Crippen LogP contribution in [0, 0.1) is 0 Å². The Morgan fingerprint density at radius 2 is 2.17 bits per heavy atom. The van der Waals surface area contributed by atoms with Gasteiger partial charge in [0.1, 0.15) is 0 Å². The van der Waals surface area contributed by atoms with Crippen molar-refractivity contribution < 1.29 is 27.1 Å². The van der Waals surface area contributed by atoms with E-state index in [9.17, 15) is 22.4 Å². The molecule has 1 aliphatic heterocycles. The van der Waals surface area contributed by atoms with Gasteiger partial charge in [0.15, 0.2) is 0 Å². The van der Waals surface area contributed by atoms with Crippen molar-refractivity contribution in [3.63, 3.8) is 0 Å². The maximum absolute atomic E-state index is 12.9. The van der Waals surface area contributed by atoms with Gasteiger partial charge in [-0.2, -0.15) is 8.78 Å². The molecule has 1 rings (SSSR count). The number of rotatable bonds is 5. The Labute approximate surface area is 103 Å². The van der Waals surface area contributed by atoms with E-state index in [0.717, 1.165) is 11.3 Å². The number of hydrogen-bond donors (Lipinski definition) is 0. The Balaban J connectivity index is 2.58. The standard InChI is InChI=1S/C11H17F4NO2/c1-2-6-18-8-4-3-5-16(7-8)10(17)11(14,15)9(12)13/h8-9H,2-7H2,1H3. The van der Waals surface area contributed by atoms with E-state index < -0.39 is 18.3 Å². The highest BCUT2D eigenvalue weighted by atomic mass is 19.3. The maximum atomic E-state index is 12.9.